The number of hydrogen-bond acceptors (Lipinski definition) is 5. The quantitative estimate of drug-likeness (QED) is 0.614. The Labute approximate surface area is 190 Å². The molecule has 1 aliphatic rings. The summed E-state index contributed by atoms with van der Waals surface area (Å²) in [4.78, 5) is 30.3. The van der Waals surface area contributed by atoms with Crippen molar-refractivity contribution < 1.29 is 23.8 Å². The Hall–Kier alpha value is -3.81. The molecule has 33 heavy (non-hydrogen) atoms. The van der Waals surface area contributed by atoms with E-state index in [0.29, 0.717) is 42.3 Å². The molecular formula is C25H25FN2O5. The molecule has 2 aromatic carbocycles. The lowest BCUT2D eigenvalue weighted by Crippen LogP contribution is -2.33. The predicted octanol–water partition coefficient (Wildman–Crippen LogP) is 3.84. The topological polar surface area (TPSA) is 91.9 Å². The first-order valence-corrected chi connectivity index (χ1v) is 10.6. The first kappa shape index (κ1) is 22.4. The summed E-state index contributed by atoms with van der Waals surface area (Å²) in [5, 5.41) is 11.2. The number of carbonyl (C=O) groups excluding carboxylic acids is 1. The number of likely N-dealkylation sites (tertiary alicyclic amines) is 1. The fourth-order valence-electron chi connectivity index (χ4n) is 4.44. The van der Waals surface area contributed by atoms with Crippen LogP contribution < -0.4 is 15.0 Å². The van der Waals surface area contributed by atoms with E-state index in [9.17, 15) is 19.1 Å². The van der Waals surface area contributed by atoms with Gasteiger partial charge in [-0.3, -0.25) is 9.59 Å². The zero-order chi connectivity index (χ0) is 23.7. The SMILES string of the molecule is COc1cccc(OC)c1-c1c(C)[nH]c(=O)c(C(=O)N2CCC(c3cccc(F)c3)C2)c1O. The number of halogens is 1. The highest BCUT2D eigenvalue weighted by molar-refractivity contribution is 6.00. The Morgan fingerprint density at radius 2 is 1.79 bits per heavy atom. The highest BCUT2D eigenvalue weighted by atomic mass is 19.1. The van der Waals surface area contributed by atoms with Crippen LogP contribution in [-0.2, 0) is 0 Å². The number of methoxy groups -OCH3 is 2. The molecule has 0 aliphatic carbocycles. The summed E-state index contributed by atoms with van der Waals surface area (Å²) in [7, 11) is 2.97. The van der Waals surface area contributed by atoms with Crippen LogP contribution in [0.2, 0.25) is 0 Å². The summed E-state index contributed by atoms with van der Waals surface area (Å²) in [5.41, 5.74) is 0.836. The molecule has 8 heteroatoms. The van der Waals surface area contributed by atoms with Gasteiger partial charge in [0.2, 0.25) is 0 Å². The smallest absolute Gasteiger partial charge is 0.264 e. The van der Waals surface area contributed by atoms with Crippen LogP contribution in [0.5, 0.6) is 17.2 Å². The van der Waals surface area contributed by atoms with Crippen LogP contribution in [0.25, 0.3) is 11.1 Å². The Morgan fingerprint density at radius 1 is 1.12 bits per heavy atom. The van der Waals surface area contributed by atoms with Crippen molar-refractivity contribution in [3.8, 4) is 28.4 Å². The number of aromatic hydroxyl groups is 1. The number of aromatic amines is 1. The lowest BCUT2D eigenvalue weighted by Gasteiger charge is -2.20. The number of nitrogens with zero attached hydrogens (tertiary/aromatic N) is 1. The number of rotatable bonds is 5. The molecule has 1 atom stereocenters. The van der Waals surface area contributed by atoms with E-state index < -0.39 is 17.2 Å². The van der Waals surface area contributed by atoms with Crippen LogP contribution >= 0.6 is 0 Å². The van der Waals surface area contributed by atoms with Gasteiger partial charge in [0, 0.05) is 24.7 Å². The van der Waals surface area contributed by atoms with Crippen molar-refractivity contribution in [2.24, 2.45) is 0 Å². The number of hydrogen-bond donors (Lipinski definition) is 2. The van der Waals surface area contributed by atoms with Crippen LogP contribution in [0.4, 0.5) is 4.39 Å². The average molecular weight is 452 g/mol. The first-order valence-electron chi connectivity index (χ1n) is 10.6. The number of H-pyrrole nitrogens is 1. The van der Waals surface area contributed by atoms with Gasteiger partial charge in [-0.15, -0.1) is 0 Å². The van der Waals surface area contributed by atoms with E-state index in [1.54, 1.807) is 31.2 Å². The largest absolute Gasteiger partial charge is 0.506 e. The van der Waals surface area contributed by atoms with E-state index in [1.807, 2.05) is 6.07 Å². The highest BCUT2D eigenvalue weighted by Gasteiger charge is 2.33. The monoisotopic (exact) mass is 452 g/mol. The molecular weight excluding hydrogens is 427 g/mol. The minimum Gasteiger partial charge on any atom is -0.506 e. The van der Waals surface area contributed by atoms with E-state index in [0.717, 1.165) is 5.56 Å². The molecule has 1 aliphatic heterocycles. The molecule has 0 radical (unpaired) electrons. The lowest BCUT2D eigenvalue weighted by atomic mass is 9.98. The third-order valence-electron chi connectivity index (χ3n) is 6.06. The van der Waals surface area contributed by atoms with Gasteiger partial charge in [0.1, 0.15) is 28.6 Å². The minimum atomic E-state index is -0.679. The maximum absolute atomic E-state index is 13.6. The molecule has 1 aromatic heterocycles. The molecule has 4 rings (SSSR count). The highest BCUT2D eigenvalue weighted by Crippen LogP contribution is 2.44. The van der Waals surface area contributed by atoms with E-state index in [-0.39, 0.29) is 22.9 Å². The molecule has 3 aromatic rings. The van der Waals surface area contributed by atoms with Crippen molar-refractivity contribution in [1.82, 2.24) is 9.88 Å². The molecule has 2 N–H and O–H groups in total. The number of aryl methyl sites for hydroxylation is 1. The second kappa shape index (κ2) is 8.97. The standard InChI is InChI=1S/C25H25FN2O5/c1-14-20(21-18(32-2)8-5-9-19(21)33-3)23(29)22(24(30)27-14)25(31)28-11-10-16(13-28)15-6-4-7-17(26)12-15/h4-9,12,16H,10-11,13H2,1-3H3,(H2,27,29,30). The Bertz CT molecular complexity index is 1250. The zero-order valence-electron chi connectivity index (χ0n) is 18.6. The maximum atomic E-state index is 13.6. The molecule has 172 valence electrons. The van der Waals surface area contributed by atoms with Gasteiger partial charge in [-0.25, -0.2) is 4.39 Å². The first-order chi connectivity index (χ1) is 15.8. The van der Waals surface area contributed by atoms with Crippen molar-refractivity contribution in [2.45, 2.75) is 19.3 Å². The van der Waals surface area contributed by atoms with Crippen LogP contribution in [0.3, 0.4) is 0 Å². The van der Waals surface area contributed by atoms with Gasteiger partial charge in [0.05, 0.1) is 25.3 Å². The van der Waals surface area contributed by atoms with Crippen molar-refractivity contribution in [1.29, 1.82) is 0 Å². The van der Waals surface area contributed by atoms with Gasteiger partial charge in [-0.2, -0.15) is 0 Å². The van der Waals surface area contributed by atoms with Gasteiger partial charge in [-0.1, -0.05) is 18.2 Å². The number of amides is 1. The number of carbonyl (C=O) groups is 1. The van der Waals surface area contributed by atoms with Gasteiger partial charge < -0.3 is 24.5 Å². The Morgan fingerprint density at radius 3 is 2.42 bits per heavy atom. The van der Waals surface area contributed by atoms with Crippen LogP contribution in [0.15, 0.2) is 47.3 Å². The molecule has 0 bridgehead atoms. The molecule has 0 spiro atoms. The number of nitrogens with one attached hydrogen (secondary N) is 1. The van der Waals surface area contributed by atoms with Crippen LogP contribution in [0.1, 0.15) is 34.0 Å². The summed E-state index contributed by atoms with van der Waals surface area (Å²) in [6.45, 7) is 2.34. The Kier molecular flexibility index (Phi) is 6.09. The summed E-state index contributed by atoms with van der Waals surface area (Å²) in [6.07, 6.45) is 0.632. The van der Waals surface area contributed by atoms with Gasteiger partial charge >= 0.3 is 0 Å². The van der Waals surface area contributed by atoms with E-state index in [1.165, 1.54) is 31.3 Å². The molecule has 7 nitrogen and oxygen atoms in total. The summed E-state index contributed by atoms with van der Waals surface area (Å²) in [6, 6.07) is 11.4. The second-order valence-electron chi connectivity index (χ2n) is 8.01. The third kappa shape index (κ3) is 4.04. The molecule has 1 saturated heterocycles. The number of ether oxygens (including phenoxy) is 2. The van der Waals surface area contributed by atoms with Crippen molar-refractivity contribution in [3.05, 3.63) is 75.5 Å². The molecule has 1 amide bonds. The fraction of sp³-hybridized carbons (Fsp3) is 0.280. The summed E-state index contributed by atoms with van der Waals surface area (Å²) in [5.74, 6) is -0.553. The second-order valence-corrected chi connectivity index (χ2v) is 8.01. The fourth-order valence-corrected chi connectivity index (χ4v) is 4.44. The molecule has 1 unspecified atom stereocenters. The van der Waals surface area contributed by atoms with Crippen molar-refractivity contribution in [3.63, 3.8) is 0 Å². The van der Waals surface area contributed by atoms with Crippen molar-refractivity contribution >= 4 is 5.91 Å². The minimum absolute atomic E-state index is 0.0508. The van der Waals surface area contributed by atoms with Crippen LogP contribution in [0, 0.1) is 12.7 Å². The summed E-state index contributed by atoms with van der Waals surface area (Å²) < 4.78 is 24.5. The summed E-state index contributed by atoms with van der Waals surface area (Å²) >= 11 is 0. The number of pyridine rings is 1. The van der Waals surface area contributed by atoms with Gasteiger partial charge in [0.25, 0.3) is 11.5 Å². The lowest BCUT2D eigenvalue weighted by molar-refractivity contribution is 0.0786. The predicted molar refractivity (Wildman–Crippen MR) is 122 cm³/mol. The normalized spacial score (nSPS) is 15.5. The van der Waals surface area contributed by atoms with E-state index in [4.69, 9.17) is 9.47 Å². The molecule has 0 saturated carbocycles. The average Bonchev–Trinajstić information content (AvgIpc) is 3.29. The van der Waals surface area contributed by atoms with Gasteiger partial charge in [-0.05, 0) is 43.2 Å². The van der Waals surface area contributed by atoms with Gasteiger partial charge in [0.15, 0.2) is 0 Å². The maximum Gasteiger partial charge on any atom is 0.264 e. The number of aromatic nitrogens is 1. The van der Waals surface area contributed by atoms with E-state index in [2.05, 4.69) is 4.98 Å². The zero-order valence-corrected chi connectivity index (χ0v) is 18.6. The third-order valence-corrected chi connectivity index (χ3v) is 6.06. The Balaban J connectivity index is 1.75. The van der Waals surface area contributed by atoms with E-state index >= 15 is 0 Å². The molecule has 1 fully saturated rings. The van der Waals surface area contributed by atoms with Crippen molar-refractivity contribution in [2.75, 3.05) is 27.3 Å². The van der Waals surface area contributed by atoms with Crippen LogP contribution in [-0.4, -0.2) is 48.2 Å². The number of benzene rings is 2. The molecule has 2 heterocycles.